The van der Waals surface area contributed by atoms with Crippen LogP contribution in [-0.2, 0) is 9.59 Å². The van der Waals surface area contributed by atoms with Gasteiger partial charge in [-0.15, -0.1) is 0 Å². The first-order valence-corrected chi connectivity index (χ1v) is 12.4. The minimum atomic E-state index is -1.18. The number of aromatic hydroxyl groups is 2. The number of rotatable bonds is 6. The first-order valence-electron chi connectivity index (χ1n) is 12.4. The van der Waals surface area contributed by atoms with Gasteiger partial charge in [-0.3, -0.25) is 19.2 Å². The Balaban J connectivity index is 2.20. The van der Waals surface area contributed by atoms with Crippen LogP contribution in [0.3, 0.4) is 0 Å². The number of carbonyl (C=O) groups excluding carboxylic acids is 2. The Morgan fingerprint density at radius 2 is 0.925 bits per heavy atom. The summed E-state index contributed by atoms with van der Waals surface area (Å²) in [5, 5.41) is 24.5. The molecule has 10 heteroatoms. The third-order valence-electron chi connectivity index (χ3n) is 8.12. The zero-order valence-corrected chi connectivity index (χ0v) is 22.5. The van der Waals surface area contributed by atoms with Crippen LogP contribution < -0.4 is 29.8 Å². The number of hydrogen-bond acceptors (Lipinski definition) is 10. The SMILES string of the molecule is COc1c(O)c2c(=O)cc(OC)c3c4c(OC)cc(=O)c5c(O)c(OC)c6c(c(c1C(C(C)=O)C6C(C)=O)c23)c54. The number of phenolic OH excluding ortho intramolecular Hbond substituents is 2. The van der Waals surface area contributed by atoms with Gasteiger partial charge in [0.05, 0.1) is 51.0 Å². The molecular formula is C30H24O10. The maximum atomic E-state index is 13.5. The number of benzene rings is 5. The molecule has 0 heterocycles. The number of Topliss-reactive ketones (excluding diaryl/α,β-unsaturated/α-hetero) is 2. The summed E-state index contributed by atoms with van der Waals surface area (Å²) in [6, 6.07) is 2.41. The van der Waals surface area contributed by atoms with E-state index in [9.17, 15) is 29.4 Å². The van der Waals surface area contributed by atoms with Gasteiger partial charge in [-0.2, -0.15) is 0 Å². The molecule has 0 aliphatic heterocycles. The third-order valence-corrected chi connectivity index (χ3v) is 8.12. The standard InChI is InChI=1S/C30H24O10/c1-9(31)15-16(10(2)32)26-24-22-18(28(36)30(26)40-6)12(34)8-14(38-4)20(22)19-13(37-3)7-11(33)17-21(19)23(24)25(15)29(39-5)27(17)35/h7-8,15-16,35-36H,1-6H3. The Labute approximate surface area is 225 Å². The highest BCUT2D eigenvalue weighted by atomic mass is 16.5. The van der Waals surface area contributed by atoms with Gasteiger partial charge in [0.15, 0.2) is 33.9 Å². The molecule has 0 fully saturated rings. The van der Waals surface area contributed by atoms with Crippen molar-refractivity contribution in [2.45, 2.75) is 25.7 Å². The molecule has 204 valence electrons. The third kappa shape index (κ3) is 2.77. The molecule has 5 aromatic carbocycles. The van der Waals surface area contributed by atoms with E-state index in [1.54, 1.807) is 0 Å². The molecule has 2 N–H and O–H groups in total. The van der Waals surface area contributed by atoms with Crippen molar-refractivity contribution < 1.29 is 38.7 Å². The minimum absolute atomic E-state index is 0.0972. The normalized spacial score (nSPS) is 16.4. The fourth-order valence-corrected chi connectivity index (χ4v) is 6.77. The summed E-state index contributed by atoms with van der Waals surface area (Å²) in [5.41, 5.74) is -0.768. The Bertz CT molecular complexity index is 1930. The van der Waals surface area contributed by atoms with Gasteiger partial charge in [0.25, 0.3) is 0 Å². The molecular weight excluding hydrogens is 520 g/mol. The molecule has 2 unspecified atom stereocenters. The van der Waals surface area contributed by atoms with Crippen molar-refractivity contribution in [1.29, 1.82) is 0 Å². The molecule has 0 spiro atoms. The van der Waals surface area contributed by atoms with Crippen LogP contribution in [0.2, 0.25) is 0 Å². The number of ether oxygens (including phenoxy) is 4. The number of fused-ring (bicyclic) bond motifs is 1. The zero-order chi connectivity index (χ0) is 28.9. The topological polar surface area (TPSA) is 146 Å². The lowest BCUT2D eigenvalue weighted by Crippen LogP contribution is -2.28. The quantitative estimate of drug-likeness (QED) is 0.240. The minimum Gasteiger partial charge on any atom is -0.504 e. The van der Waals surface area contributed by atoms with E-state index in [0.29, 0.717) is 21.5 Å². The van der Waals surface area contributed by atoms with E-state index in [1.165, 1.54) is 54.4 Å². The molecule has 2 atom stereocenters. The predicted octanol–water partition coefficient (Wildman–Crippen LogP) is 3.70. The Morgan fingerprint density at radius 1 is 0.575 bits per heavy atom. The van der Waals surface area contributed by atoms with Crippen LogP contribution in [0.25, 0.3) is 43.1 Å². The van der Waals surface area contributed by atoms with Crippen LogP contribution in [0, 0.1) is 0 Å². The lowest BCUT2D eigenvalue weighted by atomic mass is 9.67. The lowest BCUT2D eigenvalue weighted by molar-refractivity contribution is -0.125. The predicted molar refractivity (Wildman–Crippen MR) is 148 cm³/mol. The van der Waals surface area contributed by atoms with E-state index >= 15 is 0 Å². The molecule has 5 aromatic rings. The van der Waals surface area contributed by atoms with Crippen molar-refractivity contribution >= 4 is 54.7 Å². The summed E-state index contributed by atoms with van der Waals surface area (Å²) >= 11 is 0. The molecule has 1 aliphatic rings. The highest BCUT2D eigenvalue weighted by Gasteiger charge is 2.46. The number of ketones is 2. The van der Waals surface area contributed by atoms with Crippen LogP contribution in [0.15, 0.2) is 21.7 Å². The van der Waals surface area contributed by atoms with Crippen molar-refractivity contribution in [2.75, 3.05) is 28.4 Å². The highest BCUT2D eigenvalue weighted by molar-refractivity contribution is 6.39. The molecule has 6 rings (SSSR count). The summed E-state index contributed by atoms with van der Waals surface area (Å²) < 4.78 is 22.5. The van der Waals surface area contributed by atoms with Crippen molar-refractivity contribution in [2.24, 2.45) is 0 Å². The van der Waals surface area contributed by atoms with E-state index in [-0.39, 0.29) is 55.7 Å². The number of hydrogen-bond donors (Lipinski definition) is 2. The fraction of sp³-hybridized carbons (Fsp3) is 0.267. The molecule has 1 aliphatic carbocycles. The summed E-state index contributed by atoms with van der Waals surface area (Å²) in [6.45, 7) is 2.62. The summed E-state index contributed by atoms with van der Waals surface area (Å²) in [4.78, 5) is 53.7. The second-order valence-electron chi connectivity index (χ2n) is 9.92. The van der Waals surface area contributed by atoms with Crippen molar-refractivity contribution in [1.82, 2.24) is 0 Å². The molecule has 0 saturated heterocycles. The molecule has 0 saturated carbocycles. The Kier molecular flexibility index (Phi) is 5.29. The summed E-state index contributed by atoms with van der Waals surface area (Å²) in [7, 11) is 5.32. The van der Waals surface area contributed by atoms with Crippen LogP contribution in [0.4, 0.5) is 0 Å². The number of carbonyl (C=O) groups is 2. The monoisotopic (exact) mass is 544 g/mol. The second kappa shape index (κ2) is 8.32. The molecule has 0 amide bonds. The lowest BCUT2D eigenvalue weighted by Gasteiger charge is -2.35. The Hall–Kier alpha value is -4.86. The van der Waals surface area contributed by atoms with Crippen molar-refractivity contribution in [3.05, 3.63) is 43.7 Å². The fourth-order valence-electron chi connectivity index (χ4n) is 6.77. The number of methoxy groups -OCH3 is 4. The summed E-state index contributed by atoms with van der Waals surface area (Å²) in [6.07, 6.45) is 0. The largest absolute Gasteiger partial charge is 0.504 e. The first-order chi connectivity index (χ1) is 19.0. The van der Waals surface area contributed by atoms with E-state index in [2.05, 4.69) is 0 Å². The van der Waals surface area contributed by atoms with Gasteiger partial charge in [0.2, 0.25) is 0 Å². The molecule has 0 aromatic heterocycles. The Morgan fingerprint density at radius 3 is 1.20 bits per heavy atom. The molecule has 40 heavy (non-hydrogen) atoms. The molecule has 10 nitrogen and oxygen atoms in total. The van der Waals surface area contributed by atoms with Gasteiger partial charge in [-0.05, 0) is 24.6 Å². The summed E-state index contributed by atoms with van der Waals surface area (Å²) in [5.74, 6) is -4.21. The maximum Gasteiger partial charge on any atom is 0.194 e. The second-order valence-corrected chi connectivity index (χ2v) is 9.92. The van der Waals surface area contributed by atoms with Gasteiger partial charge in [0, 0.05) is 44.8 Å². The van der Waals surface area contributed by atoms with Gasteiger partial charge >= 0.3 is 0 Å². The number of phenols is 2. The van der Waals surface area contributed by atoms with Crippen molar-refractivity contribution in [3.63, 3.8) is 0 Å². The van der Waals surface area contributed by atoms with Gasteiger partial charge in [-0.1, -0.05) is 0 Å². The van der Waals surface area contributed by atoms with Gasteiger partial charge < -0.3 is 29.2 Å². The molecule has 0 radical (unpaired) electrons. The highest BCUT2D eigenvalue weighted by Crippen LogP contribution is 2.62. The van der Waals surface area contributed by atoms with Crippen LogP contribution in [-0.4, -0.2) is 50.2 Å². The smallest absolute Gasteiger partial charge is 0.194 e. The maximum absolute atomic E-state index is 13.5. The van der Waals surface area contributed by atoms with E-state index < -0.39 is 45.8 Å². The van der Waals surface area contributed by atoms with Crippen LogP contribution >= 0.6 is 0 Å². The zero-order valence-electron chi connectivity index (χ0n) is 22.5. The van der Waals surface area contributed by atoms with Crippen molar-refractivity contribution in [3.8, 4) is 34.5 Å². The average Bonchev–Trinajstić information content (AvgIpc) is 2.91. The van der Waals surface area contributed by atoms with Gasteiger partial charge in [0.1, 0.15) is 23.1 Å². The van der Waals surface area contributed by atoms with Crippen LogP contribution in [0.1, 0.15) is 36.8 Å². The van der Waals surface area contributed by atoms with E-state index in [0.717, 1.165) is 0 Å². The van der Waals surface area contributed by atoms with Crippen LogP contribution in [0.5, 0.6) is 34.5 Å². The first kappa shape index (κ1) is 25.4. The van der Waals surface area contributed by atoms with E-state index in [4.69, 9.17) is 18.9 Å². The average molecular weight is 545 g/mol. The van der Waals surface area contributed by atoms with Gasteiger partial charge in [-0.25, -0.2) is 0 Å². The molecule has 0 bridgehead atoms. The van der Waals surface area contributed by atoms with E-state index in [1.807, 2.05) is 0 Å².